The van der Waals surface area contributed by atoms with E-state index in [4.69, 9.17) is 0 Å². The molecule has 0 aliphatic heterocycles. The molecule has 0 atom stereocenters. The number of nitrogens with zero attached hydrogens (tertiary/aromatic N) is 2. The Kier molecular flexibility index (Phi) is 3.83. The van der Waals surface area contributed by atoms with Crippen LogP contribution in [-0.2, 0) is 0 Å². The van der Waals surface area contributed by atoms with E-state index in [-0.39, 0.29) is 17.0 Å². The van der Waals surface area contributed by atoms with Crippen molar-refractivity contribution in [2.45, 2.75) is 6.92 Å². The van der Waals surface area contributed by atoms with Crippen LogP contribution in [0.3, 0.4) is 0 Å². The van der Waals surface area contributed by atoms with Crippen molar-refractivity contribution in [1.29, 1.82) is 0 Å². The minimum atomic E-state index is -0.523. The van der Waals surface area contributed by atoms with Crippen molar-refractivity contribution in [3.05, 3.63) is 92.2 Å². The quantitative estimate of drug-likeness (QED) is 0.502. The maximum absolute atomic E-state index is 12.6. The molecule has 1 aromatic carbocycles. The molecule has 7 heteroatoms. The van der Waals surface area contributed by atoms with Crippen molar-refractivity contribution in [3.63, 3.8) is 0 Å². The molecule has 3 rings (SSSR count). The third-order valence-electron chi connectivity index (χ3n) is 3.67. The number of hydrogen-bond donors (Lipinski definition) is 2. The van der Waals surface area contributed by atoms with E-state index >= 15 is 0 Å². The van der Waals surface area contributed by atoms with E-state index in [0.29, 0.717) is 17.0 Å². The van der Waals surface area contributed by atoms with Gasteiger partial charge in [0.2, 0.25) is 5.71 Å². The number of benzene rings is 1. The third-order valence-corrected chi connectivity index (χ3v) is 3.67. The molecule has 7 nitrogen and oxygen atoms in total. The van der Waals surface area contributed by atoms with Crippen LogP contribution in [0.5, 0.6) is 0 Å². The summed E-state index contributed by atoms with van der Waals surface area (Å²) in [7, 11) is 0. The Labute approximate surface area is 136 Å². The number of aromatic nitrogens is 2. The summed E-state index contributed by atoms with van der Waals surface area (Å²) in [5.41, 5.74) is 1.13. The fourth-order valence-electron chi connectivity index (χ4n) is 2.47. The monoisotopic (exact) mass is 324 g/mol. The molecule has 2 N–H and O–H groups in total. The van der Waals surface area contributed by atoms with Crippen LogP contribution in [0, 0.1) is 17.3 Å². The molecular formula is C17H14N3O4-. The highest BCUT2D eigenvalue weighted by molar-refractivity contribution is 6.03. The van der Waals surface area contributed by atoms with Crippen LogP contribution >= 0.6 is 0 Å². The first-order chi connectivity index (χ1) is 11.5. The zero-order valence-corrected chi connectivity index (χ0v) is 12.8. The highest BCUT2D eigenvalue weighted by atomic mass is 16.8. The van der Waals surface area contributed by atoms with Crippen molar-refractivity contribution in [1.82, 2.24) is 9.78 Å². The molecule has 122 valence electrons. The topological polar surface area (TPSA) is 107 Å². The Morgan fingerprint density at radius 2 is 1.75 bits per heavy atom. The lowest BCUT2D eigenvalue weighted by Gasteiger charge is -2.09. The second kappa shape index (κ2) is 5.96. The lowest BCUT2D eigenvalue weighted by atomic mass is 10.0. The lowest BCUT2D eigenvalue weighted by molar-refractivity contribution is -0.377. The number of aromatic amines is 1. The van der Waals surface area contributed by atoms with E-state index in [0.717, 1.165) is 0 Å². The van der Waals surface area contributed by atoms with Gasteiger partial charge in [0.1, 0.15) is 11.3 Å². The molecule has 0 spiro atoms. The predicted molar refractivity (Wildman–Crippen MR) is 91.0 cm³/mol. The summed E-state index contributed by atoms with van der Waals surface area (Å²) in [6.07, 6.45) is 5.38. The molecule has 0 radical (unpaired) electrons. The van der Waals surface area contributed by atoms with Crippen molar-refractivity contribution in [2.24, 2.45) is 0 Å². The molecule has 0 saturated heterocycles. The van der Waals surface area contributed by atoms with Gasteiger partial charge in [0.25, 0.3) is 5.56 Å². The van der Waals surface area contributed by atoms with Crippen LogP contribution in [0.4, 0.5) is 0 Å². The first kappa shape index (κ1) is 15.4. The average molecular weight is 324 g/mol. The number of aliphatic hydroxyl groups excluding tert-OH is 1. The van der Waals surface area contributed by atoms with Gasteiger partial charge in [-0.25, -0.2) is 4.68 Å². The normalized spacial score (nSPS) is 13.4. The van der Waals surface area contributed by atoms with Gasteiger partial charge in [-0.3, -0.25) is 9.89 Å². The molecule has 1 aliphatic rings. The van der Waals surface area contributed by atoms with Crippen LogP contribution in [-0.4, -0.2) is 25.5 Å². The first-order valence-electron chi connectivity index (χ1n) is 7.17. The van der Waals surface area contributed by atoms with Crippen LogP contribution in [0.2, 0.25) is 0 Å². The fraction of sp³-hybridized carbons (Fsp3) is 0.0588. The van der Waals surface area contributed by atoms with Gasteiger partial charge in [-0.2, -0.15) is 4.90 Å². The summed E-state index contributed by atoms with van der Waals surface area (Å²) in [4.78, 5) is 12.1. The van der Waals surface area contributed by atoms with E-state index in [2.05, 4.69) is 5.10 Å². The number of aryl methyl sites for hydroxylation is 1. The maximum atomic E-state index is 12.6. The molecule has 1 aromatic heterocycles. The smallest absolute Gasteiger partial charge is 0.282 e. The van der Waals surface area contributed by atoms with E-state index in [1.807, 2.05) is 6.07 Å². The van der Waals surface area contributed by atoms with Gasteiger partial charge in [0, 0.05) is 23.4 Å². The number of rotatable bonds is 2. The van der Waals surface area contributed by atoms with E-state index in [9.17, 15) is 20.3 Å². The molecule has 1 heterocycles. The van der Waals surface area contributed by atoms with Crippen LogP contribution in [0.25, 0.3) is 11.4 Å². The van der Waals surface area contributed by atoms with Gasteiger partial charge in [0.05, 0.1) is 5.69 Å². The molecule has 0 unspecified atom stereocenters. The Morgan fingerprint density at radius 3 is 2.33 bits per heavy atom. The molecular weight excluding hydrogens is 310 g/mol. The summed E-state index contributed by atoms with van der Waals surface area (Å²) in [5.74, 6) is -0.224. The van der Waals surface area contributed by atoms with Crippen molar-refractivity contribution in [2.75, 3.05) is 0 Å². The number of nitrogens with one attached hydrogen (secondary N) is 1. The highest BCUT2D eigenvalue weighted by Crippen LogP contribution is 2.20. The molecule has 1 aliphatic carbocycles. The SMILES string of the molecule is Cc1[nH]n(-c2ccccc2)c(=O)c1C(O)=C1C=CC(=[N+]([O-])[O-])C=C1. The Hall–Kier alpha value is -3.48. The molecule has 2 aromatic rings. The van der Waals surface area contributed by atoms with Crippen LogP contribution < -0.4 is 5.56 Å². The van der Waals surface area contributed by atoms with Crippen molar-refractivity contribution in [3.8, 4) is 5.69 Å². The van der Waals surface area contributed by atoms with Gasteiger partial charge in [-0.05, 0) is 31.2 Å². The molecule has 0 saturated carbocycles. The van der Waals surface area contributed by atoms with Gasteiger partial charge in [-0.15, -0.1) is 0 Å². The maximum Gasteiger partial charge on any atom is 0.282 e. The second-order valence-electron chi connectivity index (χ2n) is 5.24. The standard InChI is InChI=1S/C17H14N3O4/c1-11-15(16(21)12-7-9-14(10-8-12)20(23)24)17(22)19(18-11)13-5-3-2-4-6-13/h2-10H,1H3,(H2-,18,21,22,23,24)/q-1. The number of aliphatic hydroxyl groups is 1. The summed E-state index contributed by atoms with van der Waals surface area (Å²) in [6.45, 7) is 1.68. The summed E-state index contributed by atoms with van der Waals surface area (Å²) >= 11 is 0. The van der Waals surface area contributed by atoms with E-state index in [1.165, 1.54) is 29.0 Å². The van der Waals surface area contributed by atoms with Gasteiger partial charge >= 0.3 is 0 Å². The average Bonchev–Trinajstić information content (AvgIpc) is 2.89. The molecule has 24 heavy (non-hydrogen) atoms. The van der Waals surface area contributed by atoms with Crippen molar-refractivity contribution < 1.29 is 10.0 Å². The lowest BCUT2D eigenvalue weighted by Crippen LogP contribution is -2.17. The largest absolute Gasteiger partial charge is 0.612 e. The first-order valence-corrected chi connectivity index (χ1v) is 7.17. The van der Waals surface area contributed by atoms with Crippen molar-refractivity contribution >= 4 is 11.5 Å². The molecule has 0 fully saturated rings. The Balaban J connectivity index is 2.09. The Morgan fingerprint density at radius 1 is 1.12 bits per heavy atom. The van der Waals surface area contributed by atoms with Crippen LogP contribution in [0.15, 0.2) is 65.0 Å². The summed E-state index contributed by atoms with van der Waals surface area (Å²) in [6, 6.07) is 8.98. The van der Waals surface area contributed by atoms with E-state index in [1.54, 1.807) is 31.2 Å². The number of para-hydroxylation sites is 1. The zero-order valence-electron chi connectivity index (χ0n) is 12.8. The molecule has 0 amide bonds. The fourth-order valence-corrected chi connectivity index (χ4v) is 2.47. The van der Waals surface area contributed by atoms with Gasteiger partial charge in [0.15, 0.2) is 0 Å². The summed E-state index contributed by atoms with van der Waals surface area (Å²) < 4.78 is 1.34. The van der Waals surface area contributed by atoms with Crippen LogP contribution in [0.1, 0.15) is 11.3 Å². The highest BCUT2D eigenvalue weighted by Gasteiger charge is 2.19. The summed E-state index contributed by atoms with van der Waals surface area (Å²) in [5, 5.41) is 34.8. The number of allylic oxidation sites excluding steroid dienone is 5. The minimum absolute atomic E-state index is 0.0842. The number of H-pyrrole nitrogens is 1. The minimum Gasteiger partial charge on any atom is -0.612 e. The van der Waals surface area contributed by atoms with Gasteiger partial charge < -0.3 is 15.5 Å². The molecule has 0 bridgehead atoms. The second-order valence-corrected chi connectivity index (χ2v) is 5.24. The van der Waals surface area contributed by atoms with Gasteiger partial charge in [-0.1, -0.05) is 18.2 Å². The predicted octanol–water partition coefficient (Wildman–Crippen LogP) is 2.32. The third kappa shape index (κ3) is 2.63. The van der Waals surface area contributed by atoms with E-state index < -0.39 is 10.5 Å². The zero-order chi connectivity index (χ0) is 17.3. The Bertz CT molecular complexity index is 937. The number of hydrogen-bond acceptors (Lipinski definition) is 4.